The number of nitrogens with zero attached hydrogens (tertiary/aromatic N) is 1. The summed E-state index contributed by atoms with van der Waals surface area (Å²) in [6, 6.07) is 53.4. The molecule has 228 valence electrons. The number of para-hydroxylation sites is 1. The number of benzene rings is 7. The molecule has 0 bridgehead atoms. The maximum Gasteiger partial charge on any atom is 0.138 e. The van der Waals surface area contributed by atoms with Crippen LogP contribution in [0.25, 0.3) is 70.4 Å². The lowest BCUT2D eigenvalue weighted by atomic mass is 9.98. The van der Waals surface area contributed by atoms with Crippen LogP contribution in [0.1, 0.15) is 5.56 Å². The van der Waals surface area contributed by atoms with Crippen molar-refractivity contribution >= 4 is 88.2 Å². The molecule has 4 heteroatoms. The highest BCUT2D eigenvalue weighted by Crippen LogP contribution is 2.46. The van der Waals surface area contributed by atoms with Crippen LogP contribution in [0.5, 0.6) is 0 Å². The van der Waals surface area contributed by atoms with Crippen LogP contribution in [0, 0.1) is 0 Å². The third kappa shape index (κ3) is 4.79. The van der Waals surface area contributed by atoms with Crippen molar-refractivity contribution in [3.8, 4) is 22.3 Å². The number of halogens is 1. The van der Waals surface area contributed by atoms with E-state index in [1.807, 2.05) is 41.7 Å². The summed E-state index contributed by atoms with van der Waals surface area (Å²) in [5.74, 6) is 0. The molecule has 2 aromatic heterocycles. The molecule has 0 unspecified atom stereocenters. The summed E-state index contributed by atoms with van der Waals surface area (Å²) in [4.78, 5) is 2.32. The summed E-state index contributed by atoms with van der Waals surface area (Å²) in [5.41, 5.74) is 10.4. The molecule has 0 saturated carbocycles. The molecule has 0 radical (unpaired) electrons. The minimum Gasteiger partial charge on any atom is -0.456 e. The Hall–Kier alpha value is -5.61. The Morgan fingerprint density at radius 3 is 2.06 bits per heavy atom. The van der Waals surface area contributed by atoms with Gasteiger partial charge < -0.3 is 9.32 Å². The molecule has 9 rings (SSSR count). The van der Waals surface area contributed by atoms with E-state index in [2.05, 4.69) is 139 Å². The van der Waals surface area contributed by atoms with Gasteiger partial charge in [-0.1, -0.05) is 103 Å². The molecule has 0 amide bonds. The van der Waals surface area contributed by atoms with Gasteiger partial charge in [-0.25, -0.2) is 0 Å². The Balaban J connectivity index is 1.28. The quantitative estimate of drug-likeness (QED) is 0.177. The Labute approximate surface area is 287 Å². The number of anilines is 3. The van der Waals surface area contributed by atoms with E-state index in [9.17, 15) is 0 Å². The van der Waals surface area contributed by atoms with Gasteiger partial charge in [-0.05, 0) is 94.5 Å². The summed E-state index contributed by atoms with van der Waals surface area (Å²) in [7, 11) is 0. The molecule has 0 aliphatic carbocycles. The molecule has 0 spiro atoms. The minimum atomic E-state index is 0.682. The van der Waals surface area contributed by atoms with E-state index >= 15 is 0 Å². The van der Waals surface area contributed by atoms with Crippen LogP contribution in [0.15, 0.2) is 163 Å². The van der Waals surface area contributed by atoms with E-state index in [1.165, 1.54) is 31.3 Å². The Morgan fingerprint density at radius 2 is 1.25 bits per heavy atom. The van der Waals surface area contributed by atoms with Gasteiger partial charge in [-0.2, -0.15) is 0 Å². The molecule has 0 fully saturated rings. The largest absolute Gasteiger partial charge is 0.456 e. The lowest BCUT2D eigenvalue weighted by Crippen LogP contribution is -2.10. The number of hydrogen-bond donors (Lipinski definition) is 0. The van der Waals surface area contributed by atoms with Crippen LogP contribution in [0.3, 0.4) is 0 Å². The van der Waals surface area contributed by atoms with E-state index in [0.717, 1.165) is 55.7 Å². The van der Waals surface area contributed by atoms with Crippen LogP contribution in [-0.2, 0) is 0 Å². The molecular weight excluding hydrogens is 626 g/mol. The van der Waals surface area contributed by atoms with Crippen LogP contribution in [-0.4, -0.2) is 0 Å². The molecule has 0 aliphatic heterocycles. The van der Waals surface area contributed by atoms with Crippen molar-refractivity contribution in [3.05, 3.63) is 169 Å². The van der Waals surface area contributed by atoms with E-state index in [-0.39, 0.29) is 0 Å². The fourth-order valence-corrected chi connectivity index (χ4v) is 8.14. The summed E-state index contributed by atoms with van der Waals surface area (Å²) in [6.07, 6.45) is 1.90. The van der Waals surface area contributed by atoms with Crippen molar-refractivity contribution < 1.29 is 4.42 Å². The number of fused-ring (bicyclic) bond motifs is 6. The second kappa shape index (κ2) is 11.6. The van der Waals surface area contributed by atoms with Crippen LogP contribution >= 0.6 is 22.9 Å². The first-order valence-corrected chi connectivity index (χ1v) is 17.1. The van der Waals surface area contributed by atoms with Crippen molar-refractivity contribution in [3.63, 3.8) is 0 Å². The van der Waals surface area contributed by atoms with E-state index in [1.54, 1.807) is 0 Å². The fraction of sp³-hybridized carbons (Fsp3) is 0. The topological polar surface area (TPSA) is 16.4 Å². The number of hydrogen-bond acceptors (Lipinski definition) is 3. The predicted molar refractivity (Wildman–Crippen MR) is 207 cm³/mol. The zero-order valence-electron chi connectivity index (χ0n) is 25.9. The highest BCUT2D eigenvalue weighted by Gasteiger charge is 2.21. The maximum atomic E-state index is 6.81. The van der Waals surface area contributed by atoms with Gasteiger partial charge in [0.2, 0.25) is 0 Å². The second-order valence-corrected chi connectivity index (χ2v) is 13.4. The first-order valence-electron chi connectivity index (χ1n) is 15.9. The van der Waals surface area contributed by atoms with Gasteiger partial charge >= 0.3 is 0 Å². The summed E-state index contributed by atoms with van der Waals surface area (Å²) < 4.78 is 9.05. The maximum absolute atomic E-state index is 6.81. The van der Waals surface area contributed by atoms with Crippen molar-refractivity contribution in [2.24, 2.45) is 0 Å². The highest BCUT2D eigenvalue weighted by molar-refractivity contribution is 7.25. The highest BCUT2D eigenvalue weighted by atomic mass is 35.5. The van der Waals surface area contributed by atoms with E-state index in [0.29, 0.717) is 5.02 Å². The average molecular weight is 654 g/mol. The SMILES string of the molecule is C=Cc1cccc(-c2ccc3sc4ccc(N(c5ccccc5)c5cc(-c6ccccc6)c6c(c5)oc5cccc(Cl)c56)cc4c3c2)c1. The molecule has 0 N–H and O–H groups in total. The number of furan rings is 1. The minimum absolute atomic E-state index is 0.682. The van der Waals surface area contributed by atoms with Crippen molar-refractivity contribution in [1.29, 1.82) is 0 Å². The second-order valence-electron chi connectivity index (χ2n) is 11.9. The molecule has 2 nitrogen and oxygen atoms in total. The Bertz CT molecular complexity index is 2650. The normalized spacial score (nSPS) is 11.5. The average Bonchev–Trinajstić information content (AvgIpc) is 3.71. The van der Waals surface area contributed by atoms with Gasteiger partial charge in [0.1, 0.15) is 11.2 Å². The molecular formula is C44H28ClNOS. The monoisotopic (exact) mass is 653 g/mol. The summed E-state index contributed by atoms with van der Waals surface area (Å²) >= 11 is 8.64. The molecule has 0 aliphatic rings. The van der Waals surface area contributed by atoms with Crippen LogP contribution in [0.4, 0.5) is 17.1 Å². The molecule has 48 heavy (non-hydrogen) atoms. The molecule has 0 atom stereocenters. The smallest absolute Gasteiger partial charge is 0.138 e. The number of thiophene rings is 1. The number of rotatable bonds is 6. The Kier molecular flexibility index (Phi) is 6.89. The van der Waals surface area contributed by atoms with E-state index < -0.39 is 0 Å². The van der Waals surface area contributed by atoms with Gasteiger partial charge in [-0.15, -0.1) is 11.3 Å². The molecule has 2 heterocycles. The van der Waals surface area contributed by atoms with Crippen LogP contribution in [0.2, 0.25) is 5.02 Å². The summed E-state index contributed by atoms with van der Waals surface area (Å²) in [6.45, 7) is 3.96. The third-order valence-electron chi connectivity index (χ3n) is 9.06. The molecule has 7 aromatic carbocycles. The molecule has 0 saturated heterocycles. The van der Waals surface area contributed by atoms with Gasteiger partial charge in [0.15, 0.2) is 0 Å². The lowest BCUT2D eigenvalue weighted by molar-refractivity contribution is 0.669. The van der Waals surface area contributed by atoms with Crippen LogP contribution < -0.4 is 4.90 Å². The van der Waals surface area contributed by atoms with Crippen molar-refractivity contribution in [2.45, 2.75) is 0 Å². The Morgan fingerprint density at radius 1 is 0.542 bits per heavy atom. The third-order valence-corrected chi connectivity index (χ3v) is 10.5. The standard InChI is InChI=1S/C44H28ClNOS/c1-2-28-11-9-14-30(23-28)31-19-21-41-36(24-31)37-25-33(20-22-42(37)48-41)46(32-15-7-4-8-16-32)34-26-35(29-12-5-3-6-13-29)43-40(27-34)47-39-18-10-17-38(45)44(39)43/h2-27H,1H2. The van der Waals surface area contributed by atoms with Gasteiger partial charge in [0.05, 0.1) is 10.7 Å². The van der Waals surface area contributed by atoms with Crippen molar-refractivity contribution in [2.75, 3.05) is 4.90 Å². The first-order chi connectivity index (χ1) is 23.6. The predicted octanol–water partition coefficient (Wildman–Crippen LogP) is 14.1. The first kappa shape index (κ1) is 28.6. The lowest BCUT2D eigenvalue weighted by Gasteiger charge is -2.26. The van der Waals surface area contributed by atoms with Gasteiger partial charge in [-0.3, -0.25) is 0 Å². The zero-order valence-corrected chi connectivity index (χ0v) is 27.4. The zero-order chi connectivity index (χ0) is 32.2. The van der Waals surface area contributed by atoms with E-state index in [4.69, 9.17) is 16.0 Å². The molecule has 9 aromatic rings. The van der Waals surface area contributed by atoms with Crippen molar-refractivity contribution in [1.82, 2.24) is 0 Å². The fourth-order valence-electron chi connectivity index (χ4n) is 6.82. The van der Waals surface area contributed by atoms with Gasteiger partial charge in [0, 0.05) is 48.4 Å². The van der Waals surface area contributed by atoms with Gasteiger partial charge in [0.25, 0.3) is 0 Å². The summed E-state index contributed by atoms with van der Waals surface area (Å²) in [5, 5.41) is 5.12.